The fourth-order valence-corrected chi connectivity index (χ4v) is 1.27. The third-order valence-corrected chi connectivity index (χ3v) is 1.94. The molecular weight excluding hydrogens is 162 g/mol. The van der Waals surface area contributed by atoms with Crippen LogP contribution in [-0.4, -0.2) is 4.98 Å². The predicted molar refractivity (Wildman–Crippen MR) is 52.5 cm³/mol. The van der Waals surface area contributed by atoms with E-state index in [0.29, 0.717) is 5.39 Å². The van der Waals surface area contributed by atoms with Crippen LogP contribution in [0.25, 0.3) is 10.8 Å². The van der Waals surface area contributed by atoms with Gasteiger partial charge in [-0.05, 0) is 23.6 Å². The molecule has 0 bridgehead atoms. The molecule has 0 aliphatic heterocycles. The van der Waals surface area contributed by atoms with Crippen molar-refractivity contribution in [1.29, 1.82) is 0 Å². The van der Waals surface area contributed by atoms with Crippen molar-refractivity contribution in [3.05, 3.63) is 46.4 Å². The van der Waals surface area contributed by atoms with Gasteiger partial charge in [-0.3, -0.25) is 4.79 Å². The lowest BCUT2D eigenvalue weighted by atomic mass is 10.1. The molecule has 1 N–H and O–H groups in total. The second-order valence-electron chi connectivity index (χ2n) is 2.75. The van der Waals surface area contributed by atoms with Gasteiger partial charge in [0.2, 0.25) is 0 Å². The van der Waals surface area contributed by atoms with E-state index in [2.05, 4.69) is 10.9 Å². The Kier molecular flexibility index (Phi) is 1.64. The van der Waals surface area contributed by atoms with E-state index in [9.17, 15) is 4.79 Å². The van der Waals surface area contributed by atoms with Crippen LogP contribution in [0.4, 0.5) is 0 Å². The zero-order valence-corrected chi connectivity index (χ0v) is 6.87. The molecule has 0 radical (unpaired) electrons. The third kappa shape index (κ3) is 1.21. The first-order valence-corrected chi connectivity index (χ1v) is 3.89. The van der Waals surface area contributed by atoms with Gasteiger partial charge in [0.05, 0.1) is 0 Å². The molecule has 1 aromatic heterocycles. The van der Waals surface area contributed by atoms with Crippen molar-refractivity contribution in [2.75, 3.05) is 0 Å². The second-order valence-corrected chi connectivity index (χ2v) is 2.75. The molecule has 0 fully saturated rings. The standard InChI is InChI=1S/C11H7NO/c1-2-8-3-4-9-5-6-12-11(13)10(9)7-8/h1,3-7H,(H,12,13). The van der Waals surface area contributed by atoms with Crippen molar-refractivity contribution in [3.63, 3.8) is 0 Å². The highest BCUT2D eigenvalue weighted by molar-refractivity contribution is 5.82. The van der Waals surface area contributed by atoms with E-state index in [-0.39, 0.29) is 5.56 Å². The summed E-state index contributed by atoms with van der Waals surface area (Å²) in [7, 11) is 0. The summed E-state index contributed by atoms with van der Waals surface area (Å²) in [5.41, 5.74) is 0.624. The lowest BCUT2D eigenvalue weighted by Gasteiger charge is -1.95. The van der Waals surface area contributed by atoms with Gasteiger partial charge in [-0.2, -0.15) is 0 Å². The fourth-order valence-electron chi connectivity index (χ4n) is 1.27. The van der Waals surface area contributed by atoms with Crippen LogP contribution in [-0.2, 0) is 0 Å². The first kappa shape index (κ1) is 7.63. The van der Waals surface area contributed by atoms with Gasteiger partial charge >= 0.3 is 0 Å². The van der Waals surface area contributed by atoms with Gasteiger partial charge in [-0.1, -0.05) is 12.0 Å². The van der Waals surface area contributed by atoms with Crippen molar-refractivity contribution in [1.82, 2.24) is 4.98 Å². The van der Waals surface area contributed by atoms with E-state index in [0.717, 1.165) is 10.9 Å². The maximum absolute atomic E-state index is 11.3. The first-order chi connectivity index (χ1) is 6.31. The second kappa shape index (κ2) is 2.80. The summed E-state index contributed by atoms with van der Waals surface area (Å²) in [6, 6.07) is 7.23. The van der Waals surface area contributed by atoms with Crippen LogP contribution < -0.4 is 5.56 Å². The van der Waals surface area contributed by atoms with Crippen molar-refractivity contribution < 1.29 is 0 Å². The number of benzene rings is 1. The van der Waals surface area contributed by atoms with Crippen LogP contribution in [0.2, 0.25) is 0 Å². The Hall–Kier alpha value is -2.01. The lowest BCUT2D eigenvalue weighted by Crippen LogP contribution is -2.04. The number of H-pyrrole nitrogens is 1. The molecule has 2 nitrogen and oxygen atoms in total. The number of terminal acetylenes is 1. The van der Waals surface area contributed by atoms with Crippen molar-refractivity contribution in [2.24, 2.45) is 0 Å². The molecule has 0 saturated carbocycles. The number of fused-ring (bicyclic) bond motifs is 1. The Morgan fingerprint density at radius 3 is 2.92 bits per heavy atom. The molecule has 0 atom stereocenters. The summed E-state index contributed by atoms with van der Waals surface area (Å²) in [5.74, 6) is 2.49. The molecule has 2 heteroatoms. The molecule has 0 amide bonds. The first-order valence-electron chi connectivity index (χ1n) is 3.89. The molecule has 0 unspecified atom stereocenters. The summed E-state index contributed by atoms with van der Waals surface area (Å²) in [4.78, 5) is 13.9. The topological polar surface area (TPSA) is 32.9 Å². The Morgan fingerprint density at radius 1 is 1.31 bits per heavy atom. The molecule has 0 aliphatic rings. The highest BCUT2D eigenvalue weighted by Crippen LogP contribution is 2.10. The fraction of sp³-hybridized carbons (Fsp3) is 0. The summed E-state index contributed by atoms with van der Waals surface area (Å²) in [6.45, 7) is 0. The quantitative estimate of drug-likeness (QED) is 0.596. The van der Waals surface area contributed by atoms with Gasteiger partial charge in [0, 0.05) is 17.1 Å². The predicted octanol–water partition coefficient (Wildman–Crippen LogP) is 1.51. The maximum Gasteiger partial charge on any atom is 0.255 e. The van der Waals surface area contributed by atoms with Gasteiger partial charge in [0.15, 0.2) is 0 Å². The van der Waals surface area contributed by atoms with Gasteiger partial charge in [0.25, 0.3) is 5.56 Å². The van der Waals surface area contributed by atoms with Crippen LogP contribution in [0.5, 0.6) is 0 Å². The summed E-state index contributed by atoms with van der Waals surface area (Å²) < 4.78 is 0. The number of rotatable bonds is 0. The highest BCUT2D eigenvalue weighted by atomic mass is 16.1. The normalized spacial score (nSPS) is 9.77. The average Bonchev–Trinajstić information content (AvgIpc) is 2.18. The van der Waals surface area contributed by atoms with E-state index < -0.39 is 0 Å². The maximum atomic E-state index is 11.3. The number of hydrogen-bond donors (Lipinski definition) is 1. The number of aromatic nitrogens is 1. The third-order valence-electron chi connectivity index (χ3n) is 1.94. The van der Waals surface area contributed by atoms with E-state index in [1.807, 2.05) is 18.2 Å². The van der Waals surface area contributed by atoms with Crippen LogP contribution >= 0.6 is 0 Å². The van der Waals surface area contributed by atoms with E-state index >= 15 is 0 Å². The minimum atomic E-state index is -0.102. The van der Waals surface area contributed by atoms with Crippen molar-refractivity contribution >= 4 is 10.8 Å². The number of aromatic amines is 1. The number of pyridine rings is 1. The number of hydrogen-bond acceptors (Lipinski definition) is 1. The van der Waals surface area contributed by atoms with Gasteiger partial charge in [-0.15, -0.1) is 6.42 Å². The van der Waals surface area contributed by atoms with E-state index in [1.54, 1.807) is 12.3 Å². The van der Waals surface area contributed by atoms with Gasteiger partial charge < -0.3 is 4.98 Å². The van der Waals surface area contributed by atoms with E-state index in [1.165, 1.54) is 0 Å². The largest absolute Gasteiger partial charge is 0.329 e. The smallest absolute Gasteiger partial charge is 0.255 e. The van der Waals surface area contributed by atoms with Crippen LogP contribution in [0.15, 0.2) is 35.3 Å². The van der Waals surface area contributed by atoms with E-state index in [4.69, 9.17) is 6.42 Å². The summed E-state index contributed by atoms with van der Waals surface area (Å²) in [5, 5.41) is 1.54. The summed E-state index contributed by atoms with van der Waals surface area (Å²) in [6.07, 6.45) is 6.85. The van der Waals surface area contributed by atoms with Crippen molar-refractivity contribution in [3.8, 4) is 12.3 Å². The molecule has 1 heterocycles. The summed E-state index contributed by atoms with van der Waals surface area (Å²) >= 11 is 0. The SMILES string of the molecule is C#Cc1ccc2cc[nH]c(=O)c2c1. The van der Waals surface area contributed by atoms with Gasteiger partial charge in [0.1, 0.15) is 0 Å². The van der Waals surface area contributed by atoms with Crippen LogP contribution in [0.3, 0.4) is 0 Å². The minimum absolute atomic E-state index is 0.102. The molecule has 2 rings (SSSR count). The highest BCUT2D eigenvalue weighted by Gasteiger charge is 1.97. The monoisotopic (exact) mass is 169 g/mol. The molecule has 0 saturated heterocycles. The molecule has 2 aromatic rings. The van der Waals surface area contributed by atoms with Gasteiger partial charge in [-0.25, -0.2) is 0 Å². The zero-order valence-electron chi connectivity index (χ0n) is 6.87. The Labute approximate surface area is 75.2 Å². The molecule has 62 valence electrons. The Balaban J connectivity index is 2.92. The molecule has 0 spiro atoms. The molecule has 0 aliphatic carbocycles. The molecule has 13 heavy (non-hydrogen) atoms. The van der Waals surface area contributed by atoms with Crippen LogP contribution in [0.1, 0.15) is 5.56 Å². The molecule has 1 aromatic carbocycles. The van der Waals surface area contributed by atoms with Crippen molar-refractivity contribution in [2.45, 2.75) is 0 Å². The molecular formula is C11H7NO. The van der Waals surface area contributed by atoms with Crippen LogP contribution in [0, 0.1) is 12.3 Å². The number of nitrogens with one attached hydrogen (secondary N) is 1. The Morgan fingerprint density at radius 2 is 2.15 bits per heavy atom. The lowest BCUT2D eigenvalue weighted by molar-refractivity contribution is 1.28. The Bertz CT molecular complexity index is 546. The average molecular weight is 169 g/mol. The zero-order chi connectivity index (χ0) is 9.26. The minimum Gasteiger partial charge on any atom is -0.329 e.